The van der Waals surface area contributed by atoms with Crippen molar-refractivity contribution in [1.29, 1.82) is 5.26 Å². The van der Waals surface area contributed by atoms with E-state index in [9.17, 15) is 10.1 Å². The summed E-state index contributed by atoms with van der Waals surface area (Å²) >= 11 is 0. The maximum atomic E-state index is 12.1. The van der Waals surface area contributed by atoms with E-state index in [4.69, 9.17) is 9.47 Å². The van der Waals surface area contributed by atoms with Gasteiger partial charge in [0.1, 0.15) is 17.6 Å². The van der Waals surface area contributed by atoms with Crippen LogP contribution in [-0.2, 0) is 0 Å². The molecule has 0 unspecified atom stereocenters. The van der Waals surface area contributed by atoms with Crippen molar-refractivity contribution in [3.8, 4) is 17.6 Å². The average Bonchev–Trinajstić information content (AvgIpc) is 2.62. The fourth-order valence-corrected chi connectivity index (χ4v) is 1.86. The van der Waals surface area contributed by atoms with Crippen LogP contribution in [0.25, 0.3) is 0 Å². The highest BCUT2D eigenvalue weighted by molar-refractivity contribution is 6.12. The Morgan fingerprint density at radius 1 is 1.04 bits per heavy atom. The molecule has 0 spiro atoms. The van der Waals surface area contributed by atoms with E-state index < -0.39 is 5.91 Å². The highest BCUT2D eigenvalue weighted by Gasteiger charge is 2.08. The number of ether oxygens (including phenoxy) is 2. The van der Waals surface area contributed by atoms with Gasteiger partial charge in [0.2, 0.25) is 0 Å². The van der Waals surface area contributed by atoms with Gasteiger partial charge in [0.05, 0.1) is 14.2 Å². The molecule has 2 rings (SSSR count). The summed E-state index contributed by atoms with van der Waals surface area (Å²) in [6.07, 6.45) is 0. The molecule has 23 heavy (non-hydrogen) atoms. The van der Waals surface area contributed by atoms with Gasteiger partial charge in [-0.3, -0.25) is 4.79 Å². The molecule has 6 nitrogen and oxygen atoms in total. The van der Waals surface area contributed by atoms with Crippen molar-refractivity contribution in [3.05, 3.63) is 59.7 Å². The molecule has 116 valence electrons. The third-order valence-electron chi connectivity index (χ3n) is 3.05. The Morgan fingerprint density at radius 2 is 1.61 bits per heavy atom. The lowest BCUT2D eigenvalue weighted by molar-refractivity contribution is 0.0954. The zero-order chi connectivity index (χ0) is 16.7. The number of benzene rings is 2. The number of carbonyl (C=O) groups excluding carboxylic acids is 1. The normalized spacial score (nSPS) is 10.6. The summed E-state index contributed by atoms with van der Waals surface area (Å²) in [5, 5.41) is 13.1. The predicted octanol–water partition coefficient (Wildman–Crippen LogP) is 2.36. The number of hydrogen-bond donors (Lipinski definition) is 1. The lowest BCUT2D eigenvalue weighted by Crippen LogP contribution is -2.19. The molecule has 0 heterocycles. The van der Waals surface area contributed by atoms with Gasteiger partial charge >= 0.3 is 0 Å². The van der Waals surface area contributed by atoms with Gasteiger partial charge in [0, 0.05) is 11.1 Å². The summed E-state index contributed by atoms with van der Waals surface area (Å²) in [6, 6.07) is 15.5. The third-order valence-corrected chi connectivity index (χ3v) is 3.05. The Kier molecular flexibility index (Phi) is 5.31. The van der Waals surface area contributed by atoms with Gasteiger partial charge < -0.3 is 9.47 Å². The monoisotopic (exact) mass is 309 g/mol. The highest BCUT2D eigenvalue weighted by Crippen LogP contribution is 2.14. The number of nitriles is 1. The molecule has 0 fully saturated rings. The standard InChI is InChI=1S/C17H15N3O3/c1-22-14-7-3-5-12(9-14)16(11-18)19-20-17(21)13-6-4-8-15(10-13)23-2/h3-10H,1-2H3,(H,20,21). The van der Waals surface area contributed by atoms with Crippen LogP contribution in [0.5, 0.6) is 11.5 Å². The molecule has 2 aromatic carbocycles. The third kappa shape index (κ3) is 4.08. The predicted molar refractivity (Wildman–Crippen MR) is 85.6 cm³/mol. The van der Waals surface area contributed by atoms with Gasteiger partial charge in [-0.2, -0.15) is 10.4 Å². The van der Waals surface area contributed by atoms with Gasteiger partial charge in [-0.1, -0.05) is 18.2 Å². The topological polar surface area (TPSA) is 83.7 Å². The Labute approximate surface area is 134 Å². The molecule has 0 aliphatic rings. The summed E-state index contributed by atoms with van der Waals surface area (Å²) in [5.41, 5.74) is 3.39. The minimum atomic E-state index is -0.431. The van der Waals surface area contributed by atoms with Crippen LogP contribution in [0, 0.1) is 11.3 Å². The van der Waals surface area contributed by atoms with Crippen molar-refractivity contribution in [2.75, 3.05) is 14.2 Å². The molecular formula is C17H15N3O3. The van der Waals surface area contributed by atoms with Crippen molar-refractivity contribution in [2.24, 2.45) is 5.10 Å². The van der Waals surface area contributed by atoms with Gasteiger partial charge in [-0.05, 0) is 30.3 Å². The Morgan fingerprint density at radius 3 is 2.17 bits per heavy atom. The molecule has 0 bridgehead atoms. The van der Waals surface area contributed by atoms with Crippen LogP contribution in [0.15, 0.2) is 53.6 Å². The van der Waals surface area contributed by atoms with Gasteiger partial charge in [0.15, 0.2) is 5.71 Å². The number of amides is 1. The summed E-state index contributed by atoms with van der Waals surface area (Å²) in [6.45, 7) is 0. The second-order valence-corrected chi connectivity index (χ2v) is 4.48. The number of rotatable bonds is 5. The van der Waals surface area contributed by atoms with Crippen molar-refractivity contribution in [3.63, 3.8) is 0 Å². The van der Waals surface area contributed by atoms with E-state index in [1.165, 1.54) is 14.2 Å². The summed E-state index contributed by atoms with van der Waals surface area (Å²) in [7, 11) is 3.05. The van der Waals surface area contributed by atoms with Crippen LogP contribution in [0.4, 0.5) is 0 Å². The molecule has 0 atom stereocenters. The summed E-state index contributed by atoms with van der Waals surface area (Å²) < 4.78 is 10.2. The molecule has 1 amide bonds. The number of methoxy groups -OCH3 is 2. The van der Waals surface area contributed by atoms with Gasteiger partial charge in [-0.25, -0.2) is 5.43 Å². The lowest BCUT2D eigenvalue weighted by atomic mass is 10.1. The second kappa shape index (κ2) is 7.61. The molecule has 0 saturated heterocycles. The zero-order valence-corrected chi connectivity index (χ0v) is 12.7. The molecule has 0 radical (unpaired) electrons. The van der Waals surface area contributed by atoms with Crippen LogP contribution < -0.4 is 14.9 Å². The van der Waals surface area contributed by atoms with Crippen LogP contribution in [0.1, 0.15) is 15.9 Å². The zero-order valence-electron chi connectivity index (χ0n) is 12.7. The fourth-order valence-electron chi connectivity index (χ4n) is 1.86. The lowest BCUT2D eigenvalue weighted by Gasteiger charge is -2.05. The fraction of sp³-hybridized carbons (Fsp3) is 0.118. The van der Waals surface area contributed by atoms with E-state index in [1.807, 2.05) is 6.07 Å². The van der Waals surface area contributed by atoms with Crippen LogP contribution in [-0.4, -0.2) is 25.8 Å². The van der Waals surface area contributed by atoms with Gasteiger partial charge in [0.25, 0.3) is 5.91 Å². The smallest absolute Gasteiger partial charge is 0.271 e. The minimum absolute atomic E-state index is 0.0835. The van der Waals surface area contributed by atoms with E-state index in [1.54, 1.807) is 48.5 Å². The summed E-state index contributed by atoms with van der Waals surface area (Å²) in [5.74, 6) is 0.735. The Balaban J connectivity index is 2.18. The Bertz CT molecular complexity index is 779. The Hall–Kier alpha value is -3.33. The minimum Gasteiger partial charge on any atom is -0.497 e. The first-order valence-electron chi connectivity index (χ1n) is 6.74. The molecule has 0 aromatic heterocycles. The van der Waals surface area contributed by atoms with Crippen molar-refractivity contribution in [2.45, 2.75) is 0 Å². The van der Waals surface area contributed by atoms with Crippen molar-refractivity contribution < 1.29 is 14.3 Å². The largest absolute Gasteiger partial charge is 0.497 e. The SMILES string of the molecule is COc1cccc(C(=O)NN=C(C#N)c2cccc(OC)c2)c1. The summed E-state index contributed by atoms with van der Waals surface area (Å²) in [4.78, 5) is 12.1. The number of carbonyl (C=O) groups is 1. The van der Waals surface area contributed by atoms with Crippen LogP contribution in [0.3, 0.4) is 0 Å². The van der Waals surface area contributed by atoms with E-state index in [0.29, 0.717) is 22.6 Å². The second-order valence-electron chi connectivity index (χ2n) is 4.48. The highest BCUT2D eigenvalue weighted by atomic mass is 16.5. The quantitative estimate of drug-likeness (QED) is 0.679. The van der Waals surface area contributed by atoms with E-state index in [0.717, 1.165) is 0 Å². The average molecular weight is 309 g/mol. The van der Waals surface area contributed by atoms with Crippen LogP contribution in [0.2, 0.25) is 0 Å². The van der Waals surface area contributed by atoms with E-state index >= 15 is 0 Å². The maximum absolute atomic E-state index is 12.1. The maximum Gasteiger partial charge on any atom is 0.271 e. The van der Waals surface area contributed by atoms with Crippen LogP contribution >= 0.6 is 0 Å². The van der Waals surface area contributed by atoms with Gasteiger partial charge in [-0.15, -0.1) is 0 Å². The van der Waals surface area contributed by atoms with E-state index in [-0.39, 0.29) is 5.71 Å². The van der Waals surface area contributed by atoms with Crippen molar-refractivity contribution >= 4 is 11.6 Å². The molecule has 0 saturated carbocycles. The molecule has 2 aromatic rings. The number of hydrazone groups is 1. The number of nitrogens with one attached hydrogen (secondary N) is 1. The molecular weight excluding hydrogens is 294 g/mol. The van der Waals surface area contributed by atoms with E-state index in [2.05, 4.69) is 10.5 Å². The number of hydrogen-bond acceptors (Lipinski definition) is 5. The first-order valence-corrected chi connectivity index (χ1v) is 6.74. The van der Waals surface area contributed by atoms with Crippen molar-refractivity contribution in [1.82, 2.24) is 5.43 Å². The first kappa shape index (κ1) is 16.0. The number of nitrogens with zero attached hydrogens (tertiary/aromatic N) is 2. The molecule has 0 aliphatic carbocycles. The molecule has 0 aliphatic heterocycles. The first-order chi connectivity index (χ1) is 11.2. The molecule has 6 heteroatoms. The molecule has 1 N–H and O–H groups in total.